The molecule has 4 nitrogen and oxygen atoms in total. The van der Waals surface area contributed by atoms with Crippen molar-refractivity contribution in [1.82, 2.24) is 5.17 Å². The minimum Gasteiger partial charge on any atom is -0.380 e. The summed E-state index contributed by atoms with van der Waals surface area (Å²) in [4.78, 5) is 4.63. The second kappa shape index (κ2) is 5.97. The van der Waals surface area contributed by atoms with Gasteiger partial charge in [-0.25, -0.2) is 5.84 Å². The van der Waals surface area contributed by atoms with E-state index in [0.29, 0.717) is 13.2 Å². The zero-order valence-electron chi connectivity index (χ0n) is 5.96. The Morgan fingerprint density at radius 2 is 2.22 bits per heavy atom. The van der Waals surface area contributed by atoms with Crippen molar-refractivity contribution in [2.45, 2.75) is 6.92 Å². The van der Waals surface area contributed by atoms with Gasteiger partial charge in [0.1, 0.15) is 0 Å². The van der Waals surface area contributed by atoms with Crippen molar-refractivity contribution in [1.29, 1.82) is 0 Å². The van der Waals surface area contributed by atoms with E-state index in [-0.39, 0.29) is 0 Å². The van der Waals surface area contributed by atoms with Crippen LogP contribution in [-0.2, 0) is 9.57 Å². The highest BCUT2D eigenvalue weighted by atomic mass is 16.7. The quantitative estimate of drug-likeness (QED) is 0.320. The SMILES string of the molecule is CCOCCN(N)OC. The number of rotatable bonds is 5. The molecule has 0 aromatic carbocycles. The zero-order valence-corrected chi connectivity index (χ0v) is 5.96. The van der Waals surface area contributed by atoms with Gasteiger partial charge >= 0.3 is 0 Å². The third-order valence-electron chi connectivity index (χ3n) is 0.895. The van der Waals surface area contributed by atoms with E-state index in [4.69, 9.17) is 10.6 Å². The molecule has 0 aliphatic heterocycles. The molecule has 4 heteroatoms. The van der Waals surface area contributed by atoms with Gasteiger partial charge in [-0.3, -0.25) is 4.84 Å². The first-order valence-corrected chi connectivity index (χ1v) is 2.95. The number of hydrogen-bond donors (Lipinski definition) is 1. The van der Waals surface area contributed by atoms with Gasteiger partial charge in [-0.15, -0.1) is 5.17 Å². The molecule has 0 bridgehead atoms. The lowest BCUT2D eigenvalue weighted by Crippen LogP contribution is -2.32. The number of nitrogens with two attached hydrogens (primary N) is 1. The Morgan fingerprint density at radius 1 is 1.56 bits per heavy atom. The van der Waals surface area contributed by atoms with E-state index >= 15 is 0 Å². The smallest absolute Gasteiger partial charge is 0.0633 e. The molecule has 9 heavy (non-hydrogen) atoms. The molecule has 0 heterocycles. The van der Waals surface area contributed by atoms with Gasteiger partial charge in [-0.2, -0.15) is 0 Å². The van der Waals surface area contributed by atoms with Crippen molar-refractivity contribution in [2.24, 2.45) is 5.84 Å². The first kappa shape index (κ1) is 8.84. The lowest BCUT2D eigenvalue weighted by Gasteiger charge is -2.11. The molecular formula is C5H14N2O2. The monoisotopic (exact) mass is 134 g/mol. The van der Waals surface area contributed by atoms with Gasteiger partial charge in [0.25, 0.3) is 0 Å². The summed E-state index contributed by atoms with van der Waals surface area (Å²) in [5.74, 6) is 5.24. The Kier molecular flexibility index (Phi) is 5.86. The highest BCUT2D eigenvalue weighted by Gasteiger charge is 1.92. The maximum atomic E-state index is 5.24. The minimum atomic E-state index is 0.602. The van der Waals surface area contributed by atoms with Gasteiger partial charge in [-0.05, 0) is 6.92 Å². The van der Waals surface area contributed by atoms with Crippen LogP contribution in [0.2, 0.25) is 0 Å². The second-order valence-electron chi connectivity index (χ2n) is 1.52. The van der Waals surface area contributed by atoms with E-state index in [1.807, 2.05) is 6.92 Å². The fourth-order valence-corrected chi connectivity index (χ4v) is 0.390. The van der Waals surface area contributed by atoms with Crippen molar-refractivity contribution >= 4 is 0 Å². The van der Waals surface area contributed by atoms with Gasteiger partial charge < -0.3 is 4.74 Å². The molecule has 0 spiro atoms. The summed E-state index contributed by atoms with van der Waals surface area (Å²) in [5.41, 5.74) is 0. The van der Waals surface area contributed by atoms with Gasteiger partial charge in [0.2, 0.25) is 0 Å². The standard InChI is InChI=1S/C5H14N2O2/c1-3-9-5-4-7(6)8-2/h3-6H2,1-2H3. The Labute approximate surface area is 55.5 Å². The minimum absolute atomic E-state index is 0.602. The topological polar surface area (TPSA) is 47.7 Å². The highest BCUT2D eigenvalue weighted by molar-refractivity contribution is 4.30. The normalized spacial score (nSPS) is 10.7. The highest BCUT2D eigenvalue weighted by Crippen LogP contribution is 1.77. The van der Waals surface area contributed by atoms with E-state index in [1.54, 1.807) is 0 Å². The molecule has 0 aromatic rings. The van der Waals surface area contributed by atoms with Gasteiger partial charge in [0.05, 0.1) is 20.3 Å². The maximum Gasteiger partial charge on any atom is 0.0633 e. The summed E-state index contributed by atoms with van der Waals surface area (Å²) >= 11 is 0. The molecular weight excluding hydrogens is 120 g/mol. The predicted octanol–water partition coefficient (Wildman–Crippen LogP) is -0.240. The average Bonchev–Trinajstić information content (AvgIpc) is 1.89. The molecule has 0 radical (unpaired) electrons. The Balaban J connectivity index is 2.88. The van der Waals surface area contributed by atoms with Crippen LogP contribution in [0.25, 0.3) is 0 Å². The number of nitrogens with zero attached hydrogens (tertiary/aromatic N) is 1. The fraction of sp³-hybridized carbons (Fsp3) is 1.00. The van der Waals surface area contributed by atoms with E-state index < -0.39 is 0 Å². The van der Waals surface area contributed by atoms with Crippen LogP contribution in [0.3, 0.4) is 0 Å². The van der Waals surface area contributed by atoms with Gasteiger partial charge in [0.15, 0.2) is 0 Å². The van der Waals surface area contributed by atoms with Crippen molar-refractivity contribution in [2.75, 3.05) is 26.9 Å². The largest absolute Gasteiger partial charge is 0.380 e. The second-order valence-corrected chi connectivity index (χ2v) is 1.52. The van der Waals surface area contributed by atoms with Crippen molar-refractivity contribution in [3.8, 4) is 0 Å². The molecule has 0 aromatic heterocycles. The molecule has 56 valence electrons. The van der Waals surface area contributed by atoms with Crippen LogP contribution in [-0.4, -0.2) is 32.0 Å². The molecule has 2 N–H and O–H groups in total. The zero-order chi connectivity index (χ0) is 7.11. The lowest BCUT2D eigenvalue weighted by atomic mass is 10.7. The van der Waals surface area contributed by atoms with E-state index in [2.05, 4.69) is 4.84 Å². The number of ether oxygens (including phenoxy) is 1. The average molecular weight is 134 g/mol. The Bertz CT molecular complexity index is 60.9. The predicted molar refractivity (Wildman–Crippen MR) is 34.4 cm³/mol. The summed E-state index contributed by atoms with van der Waals surface area (Å²) < 4.78 is 5.00. The molecule has 0 fully saturated rings. The summed E-state index contributed by atoms with van der Waals surface area (Å²) in [7, 11) is 1.52. The summed E-state index contributed by atoms with van der Waals surface area (Å²) in [6.45, 7) is 3.87. The summed E-state index contributed by atoms with van der Waals surface area (Å²) in [5, 5.41) is 1.23. The van der Waals surface area contributed by atoms with Crippen LogP contribution in [0.4, 0.5) is 0 Å². The van der Waals surface area contributed by atoms with Crippen LogP contribution in [0.1, 0.15) is 6.92 Å². The van der Waals surface area contributed by atoms with Gasteiger partial charge in [-0.1, -0.05) is 0 Å². The van der Waals surface area contributed by atoms with E-state index in [1.165, 1.54) is 12.3 Å². The number of hydroxylamine groups is 1. The molecule has 0 aliphatic rings. The molecule has 0 atom stereocenters. The maximum absolute atomic E-state index is 5.24. The van der Waals surface area contributed by atoms with Crippen LogP contribution < -0.4 is 5.84 Å². The van der Waals surface area contributed by atoms with Crippen molar-refractivity contribution < 1.29 is 9.57 Å². The summed E-state index contributed by atoms with van der Waals surface area (Å²) in [6.07, 6.45) is 0. The van der Waals surface area contributed by atoms with Crippen LogP contribution in [0.15, 0.2) is 0 Å². The molecule has 0 saturated heterocycles. The van der Waals surface area contributed by atoms with Crippen molar-refractivity contribution in [3.05, 3.63) is 0 Å². The van der Waals surface area contributed by atoms with Crippen LogP contribution in [0.5, 0.6) is 0 Å². The first-order valence-electron chi connectivity index (χ1n) is 2.95. The third kappa shape index (κ3) is 5.72. The lowest BCUT2D eigenvalue weighted by molar-refractivity contribution is -0.142. The molecule has 0 rings (SSSR count). The molecule has 0 amide bonds. The van der Waals surface area contributed by atoms with Crippen molar-refractivity contribution in [3.63, 3.8) is 0 Å². The summed E-state index contributed by atoms with van der Waals surface area (Å²) in [6, 6.07) is 0. The van der Waals surface area contributed by atoms with Crippen LogP contribution >= 0.6 is 0 Å². The van der Waals surface area contributed by atoms with E-state index in [0.717, 1.165) is 6.61 Å². The Hall–Kier alpha value is -0.160. The molecule has 0 saturated carbocycles. The number of hydrazine groups is 1. The van der Waals surface area contributed by atoms with Gasteiger partial charge in [0, 0.05) is 6.61 Å². The molecule has 0 unspecified atom stereocenters. The molecule has 0 aliphatic carbocycles. The first-order chi connectivity index (χ1) is 4.31. The third-order valence-corrected chi connectivity index (χ3v) is 0.895. The van der Waals surface area contributed by atoms with E-state index in [9.17, 15) is 0 Å². The van der Waals surface area contributed by atoms with Crippen LogP contribution in [0, 0.1) is 0 Å². The fourth-order valence-electron chi connectivity index (χ4n) is 0.390. The number of hydrogen-bond acceptors (Lipinski definition) is 4. The Morgan fingerprint density at radius 3 is 2.67 bits per heavy atom.